The molecule has 234 valence electrons. The lowest BCUT2D eigenvalue weighted by Crippen LogP contribution is -2.29. The molecule has 0 spiro atoms. The fourth-order valence-electron chi connectivity index (χ4n) is 6.57. The summed E-state index contributed by atoms with van der Waals surface area (Å²) in [6.45, 7) is 2.18. The molecule has 42 heavy (non-hydrogen) atoms. The van der Waals surface area contributed by atoms with Crippen LogP contribution in [0.15, 0.2) is 24.3 Å². The molecule has 0 aromatic heterocycles. The zero-order valence-electron chi connectivity index (χ0n) is 22.7. The molecular formula is C29H31F9O3S. The molecule has 2 saturated carbocycles. The SMILES string of the molecule is CCCC1CCC(C2CCC(c3ccc(-c4ccc(C(F)(F)F)c(F)c4OS(=O)(=O)C(F)(F)F)c(F)c3F)CC2)CC1. The van der Waals surface area contributed by atoms with Crippen molar-refractivity contribution in [2.45, 2.75) is 88.7 Å². The Morgan fingerprint density at radius 3 is 1.81 bits per heavy atom. The molecule has 2 aliphatic rings. The molecule has 0 N–H and O–H groups in total. The van der Waals surface area contributed by atoms with E-state index < -0.39 is 61.7 Å². The Hall–Kier alpha value is -2.44. The van der Waals surface area contributed by atoms with Gasteiger partial charge in [0.1, 0.15) is 0 Å². The Morgan fingerprint density at radius 1 is 0.738 bits per heavy atom. The lowest BCUT2D eigenvalue weighted by atomic mass is 9.68. The monoisotopic (exact) mass is 630 g/mol. The van der Waals surface area contributed by atoms with Crippen molar-refractivity contribution >= 4 is 10.1 Å². The highest BCUT2D eigenvalue weighted by Gasteiger charge is 2.50. The van der Waals surface area contributed by atoms with Crippen molar-refractivity contribution in [2.75, 3.05) is 0 Å². The summed E-state index contributed by atoms with van der Waals surface area (Å²) in [5, 5.41) is 0. The summed E-state index contributed by atoms with van der Waals surface area (Å²) in [6, 6.07) is 2.45. The van der Waals surface area contributed by atoms with Crippen molar-refractivity contribution in [1.29, 1.82) is 0 Å². The van der Waals surface area contributed by atoms with Gasteiger partial charge in [-0.15, -0.1) is 0 Å². The average molecular weight is 631 g/mol. The van der Waals surface area contributed by atoms with Crippen LogP contribution in [0.5, 0.6) is 5.75 Å². The van der Waals surface area contributed by atoms with Crippen molar-refractivity contribution in [2.24, 2.45) is 17.8 Å². The second kappa shape index (κ2) is 12.3. The molecule has 0 radical (unpaired) electrons. The Labute approximate surface area is 238 Å². The first kappa shape index (κ1) is 32.5. The predicted molar refractivity (Wildman–Crippen MR) is 137 cm³/mol. The minimum absolute atomic E-state index is 0.0147. The van der Waals surface area contributed by atoms with Gasteiger partial charge in [0.25, 0.3) is 0 Å². The summed E-state index contributed by atoms with van der Waals surface area (Å²) in [4.78, 5) is 0. The van der Waals surface area contributed by atoms with Crippen molar-refractivity contribution in [1.82, 2.24) is 0 Å². The largest absolute Gasteiger partial charge is 0.534 e. The van der Waals surface area contributed by atoms with E-state index in [4.69, 9.17) is 0 Å². The first-order chi connectivity index (χ1) is 19.5. The summed E-state index contributed by atoms with van der Waals surface area (Å²) >= 11 is 0. The summed E-state index contributed by atoms with van der Waals surface area (Å²) in [7, 11) is -6.66. The lowest BCUT2D eigenvalue weighted by Gasteiger charge is -2.38. The van der Waals surface area contributed by atoms with Crippen LogP contribution in [0.4, 0.5) is 39.5 Å². The van der Waals surface area contributed by atoms with Gasteiger partial charge in [0.05, 0.1) is 5.56 Å². The maximum absolute atomic E-state index is 15.3. The molecule has 0 heterocycles. The molecule has 0 unspecified atom stereocenters. The fraction of sp³-hybridized carbons (Fsp3) is 0.586. The molecule has 3 nitrogen and oxygen atoms in total. The van der Waals surface area contributed by atoms with Gasteiger partial charge in [-0.25, -0.2) is 13.2 Å². The van der Waals surface area contributed by atoms with Crippen molar-refractivity contribution < 1.29 is 52.1 Å². The van der Waals surface area contributed by atoms with Crippen LogP contribution < -0.4 is 4.18 Å². The fourth-order valence-corrected chi connectivity index (χ4v) is 7.05. The summed E-state index contributed by atoms with van der Waals surface area (Å²) in [5.41, 5.74) is -10.4. The first-order valence-corrected chi connectivity index (χ1v) is 15.3. The van der Waals surface area contributed by atoms with Crippen LogP contribution in [0.3, 0.4) is 0 Å². The Balaban J connectivity index is 1.60. The van der Waals surface area contributed by atoms with E-state index in [9.17, 15) is 39.2 Å². The van der Waals surface area contributed by atoms with Crippen LogP contribution in [0.25, 0.3) is 11.1 Å². The van der Waals surface area contributed by atoms with E-state index in [-0.39, 0.29) is 17.5 Å². The third kappa shape index (κ3) is 6.70. The molecule has 2 aliphatic carbocycles. The van der Waals surface area contributed by atoms with Gasteiger partial charge in [-0.3, -0.25) is 0 Å². The van der Waals surface area contributed by atoms with Crippen LogP contribution in [0.1, 0.15) is 88.2 Å². The molecular weight excluding hydrogens is 599 g/mol. The first-order valence-electron chi connectivity index (χ1n) is 13.9. The van der Waals surface area contributed by atoms with Gasteiger partial charge < -0.3 is 4.18 Å². The second-order valence-electron chi connectivity index (χ2n) is 11.3. The maximum atomic E-state index is 15.3. The quantitative estimate of drug-likeness (QED) is 0.174. The van der Waals surface area contributed by atoms with Gasteiger partial charge in [0.15, 0.2) is 23.2 Å². The molecule has 2 aromatic rings. The zero-order valence-corrected chi connectivity index (χ0v) is 23.5. The average Bonchev–Trinajstić information content (AvgIpc) is 2.91. The van der Waals surface area contributed by atoms with Gasteiger partial charge in [0, 0.05) is 11.1 Å². The molecule has 4 rings (SSSR count). The highest BCUT2D eigenvalue weighted by atomic mass is 32.2. The minimum Gasteiger partial charge on any atom is -0.372 e. The van der Waals surface area contributed by atoms with Crippen LogP contribution >= 0.6 is 0 Å². The number of hydrogen-bond acceptors (Lipinski definition) is 3. The molecule has 0 bridgehead atoms. The summed E-state index contributed by atoms with van der Waals surface area (Å²) in [6.07, 6.45) is 4.39. The van der Waals surface area contributed by atoms with E-state index in [0.717, 1.165) is 50.2 Å². The van der Waals surface area contributed by atoms with E-state index in [1.165, 1.54) is 19.3 Å². The second-order valence-corrected chi connectivity index (χ2v) is 12.8. The van der Waals surface area contributed by atoms with Gasteiger partial charge in [-0.1, -0.05) is 44.7 Å². The maximum Gasteiger partial charge on any atom is 0.534 e. The van der Waals surface area contributed by atoms with Gasteiger partial charge in [0.2, 0.25) is 0 Å². The molecule has 0 atom stereocenters. The molecule has 2 aromatic carbocycles. The van der Waals surface area contributed by atoms with E-state index in [0.29, 0.717) is 30.7 Å². The van der Waals surface area contributed by atoms with Crippen LogP contribution in [0, 0.1) is 35.2 Å². The molecule has 2 fully saturated rings. The van der Waals surface area contributed by atoms with Crippen LogP contribution in [-0.4, -0.2) is 13.9 Å². The highest BCUT2D eigenvalue weighted by molar-refractivity contribution is 7.88. The number of rotatable bonds is 7. The number of halogens is 9. The van der Waals surface area contributed by atoms with Gasteiger partial charge in [-0.2, -0.15) is 34.8 Å². The standard InChI is InChI=1S/C29H31F9O3S/c1-2-3-16-4-6-17(7-5-16)18-8-10-19(11-9-18)20-12-13-21(25(31)24(20)30)22-14-15-23(28(33,34)35)26(32)27(22)41-42(39,40)29(36,37)38/h12-19H,2-11H2,1H3. The zero-order chi connectivity index (χ0) is 31.0. The van der Waals surface area contributed by atoms with E-state index in [2.05, 4.69) is 11.1 Å². The Bertz CT molecular complexity index is 1370. The number of alkyl halides is 6. The number of benzene rings is 2. The van der Waals surface area contributed by atoms with E-state index in [1.54, 1.807) is 0 Å². The van der Waals surface area contributed by atoms with Crippen molar-refractivity contribution in [3.05, 3.63) is 52.8 Å². The summed E-state index contributed by atoms with van der Waals surface area (Å²) < 4.78 is 151. The van der Waals surface area contributed by atoms with Gasteiger partial charge >= 0.3 is 21.8 Å². The third-order valence-corrected chi connectivity index (χ3v) is 9.70. The Kier molecular flexibility index (Phi) is 9.49. The van der Waals surface area contributed by atoms with Crippen molar-refractivity contribution in [3.63, 3.8) is 0 Å². The van der Waals surface area contributed by atoms with E-state index in [1.807, 2.05) is 0 Å². The van der Waals surface area contributed by atoms with Crippen LogP contribution in [-0.2, 0) is 16.3 Å². The predicted octanol–water partition coefficient (Wildman–Crippen LogP) is 9.90. The van der Waals surface area contributed by atoms with Crippen molar-refractivity contribution in [3.8, 4) is 16.9 Å². The normalized spacial score (nSPS) is 24.0. The topological polar surface area (TPSA) is 43.4 Å². The Morgan fingerprint density at radius 2 is 1.29 bits per heavy atom. The molecule has 13 heteroatoms. The lowest BCUT2D eigenvalue weighted by molar-refractivity contribution is -0.140. The molecule has 0 aliphatic heterocycles. The van der Waals surface area contributed by atoms with Gasteiger partial charge in [-0.05, 0) is 79.9 Å². The minimum atomic E-state index is -6.66. The number of hydrogen-bond donors (Lipinski definition) is 0. The molecule has 0 saturated heterocycles. The smallest absolute Gasteiger partial charge is 0.372 e. The van der Waals surface area contributed by atoms with Crippen LogP contribution in [0.2, 0.25) is 0 Å². The highest BCUT2D eigenvalue weighted by Crippen LogP contribution is 2.47. The molecule has 0 amide bonds. The summed E-state index contributed by atoms with van der Waals surface area (Å²) in [5.74, 6) is -6.16. The third-order valence-electron chi connectivity index (χ3n) is 8.75. The van der Waals surface area contributed by atoms with E-state index >= 15 is 8.78 Å².